The lowest BCUT2D eigenvalue weighted by atomic mass is 10.1. The minimum absolute atomic E-state index is 0.206. The molecule has 126 valence electrons. The van der Waals surface area contributed by atoms with Crippen LogP contribution in [0.2, 0.25) is 0 Å². The van der Waals surface area contributed by atoms with Crippen LogP contribution < -0.4 is 4.74 Å². The Hall–Kier alpha value is -1.38. The smallest absolute Gasteiger partial charge is 0.337 e. The molecule has 24 heavy (non-hydrogen) atoms. The molecule has 0 radical (unpaired) electrons. The van der Waals surface area contributed by atoms with Crippen LogP contribution in [0.1, 0.15) is 21.5 Å². The average molecular weight is 503 g/mol. The van der Waals surface area contributed by atoms with Crippen molar-refractivity contribution in [3.05, 3.63) is 61.1 Å². The molecule has 2 aromatic carbocycles. The van der Waals surface area contributed by atoms with Gasteiger partial charge in [0, 0.05) is 15.2 Å². The Balaban J connectivity index is 2.23. The Morgan fingerprint density at radius 1 is 1.12 bits per heavy atom. The number of esters is 1. The van der Waals surface area contributed by atoms with Gasteiger partial charge in [0.1, 0.15) is 5.75 Å². The second-order valence-corrected chi connectivity index (χ2v) is 6.81. The highest BCUT2D eigenvalue weighted by molar-refractivity contribution is 14.1. The minimum Gasteiger partial charge on any atom is -0.468 e. The highest BCUT2D eigenvalue weighted by atomic mass is 127. The number of halogens is 2. The van der Waals surface area contributed by atoms with E-state index in [9.17, 15) is 4.79 Å². The van der Waals surface area contributed by atoms with Gasteiger partial charge in [0.05, 0.1) is 12.7 Å². The largest absolute Gasteiger partial charge is 0.468 e. The molecule has 0 fully saturated rings. The van der Waals surface area contributed by atoms with Crippen molar-refractivity contribution in [1.29, 1.82) is 0 Å². The molecular formula is C18H16BrIO4. The summed E-state index contributed by atoms with van der Waals surface area (Å²) in [6.45, 7) is 0.206. The monoisotopic (exact) mass is 502 g/mol. The number of benzene rings is 2. The van der Waals surface area contributed by atoms with Crippen molar-refractivity contribution in [1.82, 2.24) is 0 Å². The van der Waals surface area contributed by atoms with Crippen molar-refractivity contribution < 1.29 is 19.0 Å². The summed E-state index contributed by atoms with van der Waals surface area (Å²) >= 11 is 5.73. The van der Waals surface area contributed by atoms with E-state index in [1.807, 2.05) is 36.4 Å². The molecule has 0 aliphatic carbocycles. The summed E-state index contributed by atoms with van der Waals surface area (Å²) in [5.74, 6) is 0.393. The van der Waals surface area contributed by atoms with Gasteiger partial charge in [0.25, 0.3) is 0 Å². The van der Waals surface area contributed by atoms with Crippen LogP contribution in [0, 0.1) is 3.57 Å². The lowest BCUT2D eigenvalue weighted by Crippen LogP contribution is -2.01. The minimum atomic E-state index is -0.339. The summed E-state index contributed by atoms with van der Waals surface area (Å²) in [5, 5.41) is 0. The molecule has 0 N–H and O–H groups in total. The molecule has 2 rings (SSSR count). The van der Waals surface area contributed by atoms with Gasteiger partial charge in [-0.3, -0.25) is 0 Å². The van der Waals surface area contributed by atoms with Gasteiger partial charge in [0.2, 0.25) is 0 Å². The zero-order valence-electron chi connectivity index (χ0n) is 13.2. The van der Waals surface area contributed by atoms with Crippen LogP contribution in [0.5, 0.6) is 5.75 Å². The normalized spacial score (nSPS) is 10.8. The summed E-state index contributed by atoms with van der Waals surface area (Å²) in [4.78, 5) is 11.6. The van der Waals surface area contributed by atoms with E-state index >= 15 is 0 Å². The first-order valence-corrected chi connectivity index (χ1v) is 8.89. The quantitative estimate of drug-likeness (QED) is 0.241. The molecule has 6 heteroatoms. The Morgan fingerprint density at radius 2 is 1.88 bits per heavy atom. The number of rotatable bonds is 6. The average Bonchev–Trinajstić information content (AvgIpc) is 2.59. The second kappa shape index (κ2) is 9.19. The number of ether oxygens (including phenoxy) is 3. The summed E-state index contributed by atoms with van der Waals surface area (Å²) in [7, 11) is 2.96. The Morgan fingerprint density at radius 3 is 2.54 bits per heavy atom. The van der Waals surface area contributed by atoms with Crippen molar-refractivity contribution in [2.45, 2.75) is 0 Å². The molecule has 0 atom stereocenters. The Labute approximate surface area is 163 Å². The third-order valence-corrected chi connectivity index (χ3v) is 4.83. The first-order chi connectivity index (χ1) is 11.5. The van der Waals surface area contributed by atoms with Crippen molar-refractivity contribution in [3.8, 4) is 5.75 Å². The van der Waals surface area contributed by atoms with E-state index in [1.54, 1.807) is 19.2 Å². The summed E-state index contributed by atoms with van der Waals surface area (Å²) in [6.07, 6.45) is 3.97. The van der Waals surface area contributed by atoms with Crippen molar-refractivity contribution in [2.75, 3.05) is 21.0 Å². The molecular weight excluding hydrogens is 487 g/mol. The van der Waals surface area contributed by atoms with Gasteiger partial charge in [-0.25, -0.2) is 4.79 Å². The third kappa shape index (κ3) is 5.06. The zero-order valence-corrected chi connectivity index (χ0v) is 17.0. The third-order valence-electron chi connectivity index (χ3n) is 3.17. The molecule has 0 amide bonds. The molecule has 0 aromatic heterocycles. The van der Waals surface area contributed by atoms with Crippen LogP contribution in [0.15, 0.2) is 40.9 Å². The van der Waals surface area contributed by atoms with E-state index in [0.717, 1.165) is 24.9 Å². The van der Waals surface area contributed by atoms with Gasteiger partial charge in [-0.1, -0.05) is 34.1 Å². The fraction of sp³-hybridized carbons (Fsp3) is 0.167. The number of methoxy groups -OCH3 is 2. The van der Waals surface area contributed by atoms with Crippen LogP contribution in [0.4, 0.5) is 0 Å². The number of hydrogen-bond donors (Lipinski definition) is 0. The molecule has 0 aliphatic heterocycles. The van der Waals surface area contributed by atoms with Crippen LogP contribution >= 0.6 is 38.5 Å². The summed E-state index contributed by atoms with van der Waals surface area (Å²) in [5.41, 5.74) is 2.53. The molecule has 2 aromatic rings. The van der Waals surface area contributed by atoms with Gasteiger partial charge in [-0.15, -0.1) is 0 Å². The van der Waals surface area contributed by atoms with E-state index in [-0.39, 0.29) is 12.8 Å². The van der Waals surface area contributed by atoms with E-state index in [2.05, 4.69) is 38.5 Å². The highest BCUT2D eigenvalue weighted by Gasteiger charge is 2.07. The van der Waals surface area contributed by atoms with Crippen LogP contribution in [0.3, 0.4) is 0 Å². The van der Waals surface area contributed by atoms with Gasteiger partial charge in [0.15, 0.2) is 6.79 Å². The molecule has 0 unspecified atom stereocenters. The standard InChI is InChI=1S/C18H16BrIO4/c1-22-11-24-15-7-8-16(19)13(9-15)5-3-12-4-6-14(10-17(12)20)18(21)23-2/h3-10H,11H2,1-2H3/b5-3+. The van der Waals surface area contributed by atoms with Gasteiger partial charge < -0.3 is 14.2 Å². The SMILES string of the molecule is COCOc1ccc(Br)c(/C=C/c2ccc(C(=O)OC)cc2I)c1. The van der Waals surface area contributed by atoms with Crippen LogP contribution in [-0.4, -0.2) is 27.0 Å². The van der Waals surface area contributed by atoms with Gasteiger partial charge in [-0.05, 0) is 64.0 Å². The molecule has 0 heterocycles. The maximum absolute atomic E-state index is 11.6. The fourth-order valence-corrected chi connectivity index (χ4v) is 3.03. The first kappa shape index (κ1) is 19.0. The van der Waals surface area contributed by atoms with E-state index in [0.29, 0.717) is 5.56 Å². The lowest BCUT2D eigenvalue weighted by molar-refractivity contribution is 0.0511. The van der Waals surface area contributed by atoms with Crippen molar-refractivity contribution in [2.24, 2.45) is 0 Å². The molecule has 0 saturated heterocycles. The predicted octanol–water partition coefficient (Wildman–Crippen LogP) is 4.99. The Kier molecular flexibility index (Phi) is 7.26. The number of hydrogen-bond acceptors (Lipinski definition) is 4. The van der Waals surface area contributed by atoms with E-state index < -0.39 is 0 Å². The molecule has 4 nitrogen and oxygen atoms in total. The predicted molar refractivity (Wildman–Crippen MR) is 106 cm³/mol. The van der Waals surface area contributed by atoms with Gasteiger partial charge in [-0.2, -0.15) is 0 Å². The lowest BCUT2D eigenvalue weighted by Gasteiger charge is -2.07. The summed E-state index contributed by atoms with van der Waals surface area (Å²) in [6, 6.07) is 11.2. The van der Waals surface area contributed by atoms with Gasteiger partial charge >= 0.3 is 5.97 Å². The molecule has 0 spiro atoms. The van der Waals surface area contributed by atoms with Crippen molar-refractivity contribution >= 4 is 56.6 Å². The first-order valence-electron chi connectivity index (χ1n) is 7.02. The van der Waals surface area contributed by atoms with Crippen LogP contribution in [-0.2, 0) is 9.47 Å². The van der Waals surface area contributed by atoms with Crippen molar-refractivity contribution in [3.63, 3.8) is 0 Å². The number of carbonyl (C=O) groups is 1. The summed E-state index contributed by atoms with van der Waals surface area (Å²) < 4.78 is 17.0. The zero-order chi connectivity index (χ0) is 17.5. The fourth-order valence-electron chi connectivity index (χ4n) is 1.95. The molecule has 0 bridgehead atoms. The molecule has 0 aliphatic rings. The highest BCUT2D eigenvalue weighted by Crippen LogP contribution is 2.25. The molecule has 0 saturated carbocycles. The maximum Gasteiger partial charge on any atom is 0.337 e. The number of carbonyl (C=O) groups excluding carboxylic acids is 1. The van der Waals surface area contributed by atoms with E-state index in [4.69, 9.17) is 14.2 Å². The van der Waals surface area contributed by atoms with Crippen LogP contribution in [0.25, 0.3) is 12.2 Å². The maximum atomic E-state index is 11.6. The second-order valence-electron chi connectivity index (χ2n) is 4.80. The van der Waals surface area contributed by atoms with E-state index in [1.165, 1.54) is 7.11 Å². The Bertz CT molecular complexity index is 759. The topological polar surface area (TPSA) is 44.8 Å².